The van der Waals surface area contributed by atoms with E-state index in [1.54, 1.807) is 0 Å². The average molecular weight is 161 g/mol. The molecule has 0 saturated carbocycles. The number of anilines is 1. The van der Waals surface area contributed by atoms with E-state index < -0.39 is 0 Å². The van der Waals surface area contributed by atoms with Gasteiger partial charge in [-0.3, -0.25) is 0 Å². The zero-order valence-electron chi connectivity index (χ0n) is 7.91. The monoisotopic (exact) mass is 161 g/mol. The van der Waals surface area contributed by atoms with Gasteiger partial charge < -0.3 is 4.90 Å². The molecular weight excluding hydrogens is 146 g/mol. The lowest BCUT2D eigenvalue weighted by atomic mass is 10.2. The first-order chi connectivity index (χ1) is 5.75. The molecule has 0 radical (unpaired) electrons. The van der Waals surface area contributed by atoms with Gasteiger partial charge in [0.25, 0.3) is 0 Å². The van der Waals surface area contributed by atoms with Crippen LogP contribution in [-0.2, 0) is 0 Å². The standard InChI is InChI=1S/C11H15N/c1-4-9-12(3)11-8-6-5-7-10(11)2/h4-9H,1-3H3/b9-4-. The average Bonchev–Trinajstić information content (AvgIpc) is 2.05. The van der Waals surface area contributed by atoms with Crippen LogP contribution in [0, 0.1) is 6.92 Å². The van der Waals surface area contributed by atoms with Crippen molar-refractivity contribution in [3.63, 3.8) is 0 Å². The molecule has 0 heterocycles. The Balaban J connectivity index is 2.94. The fraction of sp³-hybridized carbons (Fsp3) is 0.273. The molecule has 0 atom stereocenters. The first-order valence-electron chi connectivity index (χ1n) is 4.17. The molecule has 0 bridgehead atoms. The Morgan fingerprint density at radius 3 is 2.50 bits per heavy atom. The summed E-state index contributed by atoms with van der Waals surface area (Å²) in [4.78, 5) is 2.12. The van der Waals surface area contributed by atoms with Crippen molar-refractivity contribution in [1.29, 1.82) is 0 Å². The summed E-state index contributed by atoms with van der Waals surface area (Å²) >= 11 is 0. The molecule has 0 aliphatic rings. The normalized spacial score (nSPS) is 10.6. The minimum Gasteiger partial charge on any atom is -0.351 e. The Hall–Kier alpha value is -1.24. The van der Waals surface area contributed by atoms with Crippen molar-refractivity contribution < 1.29 is 0 Å². The quantitative estimate of drug-likeness (QED) is 0.644. The van der Waals surface area contributed by atoms with Crippen LogP contribution in [0.25, 0.3) is 0 Å². The number of aryl methyl sites for hydroxylation is 1. The van der Waals surface area contributed by atoms with Crippen LogP contribution in [0.2, 0.25) is 0 Å². The Kier molecular flexibility index (Phi) is 2.92. The van der Waals surface area contributed by atoms with Gasteiger partial charge in [-0.1, -0.05) is 24.3 Å². The van der Waals surface area contributed by atoms with Crippen molar-refractivity contribution in [3.05, 3.63) is 42.1 Å². The summed E-state index contributed by atoms with van der Waals surface area (Å²) in [5.41, 5.74) is 2.56. The van der Waals surface area contributed by atoms with Gasteiger partial charge in [0, 0.05) is 12.7 Å². The molecule has 1 nitrogen and oxygen atoms in total. The number of hydrogen-bond donors (Lipinski definition) is 0. The zero-order valence-corrected chi connectivity index (χ0v) is 7.91. The number of allylic oxidation sites excluding steroid dienone is 1. The Bertz CT molecular complexity index is 276. The molecule has 12 heavy (non-hydrogen) atoms. The highest BCUT2D eigenvalue weighted by Gasteiger charge is 1.97. The van der Waals surface area contributed by atoms with Crippen molar-refractivity contribution in [2.45, 2.75) is 13.8 Å². The van der Waals surface area contributed by atoms with E-state index in [1.165, 1.54) is 11.3 Å². The molecule has 0 aromatic heterocycles. The van der Waals surface area contributed by atoms with Crippen LogP contribution in [0.15, 0.2) is 36.5 Å². The lowest BCUT2D eigenvalue weighted by molar-refractivity contribution is 1.17. The molecule has 0 spiro atoms. The van der Waals surface area contributed by atoms with Crippen molar-refractivity contribution in [3.8, 4) is 0 Å². The van der Waals surface area contributed by atoms with Crippen LogP contribution in [0.1, 0.15) is 12.5 Å². The highest BCUT2D eigenvalue weighted by molar-refractivity contribution is 5.54. The molecule has 0 unspecified atom stereocenters. The van der Waals surface area contributed by atoms with Gasteiger partial charge in [-0.2, -0.15) is 0 Å². The molecular formula is C11H15N. The molecule has 64 valence electrons. The van der Waals surface area contributed by atoms with E-state index in [4.69, 9.17) is 0 Å². The molecule has 0 saturated heterocycles. The number of nitrogens with zero attached hydrogens (tertiary/aromatic N) is 1. The first-order valence-corrected chi connectivity index (χ1v) is 4.17. The smallest absolute Gasteiger partial charge is 0.0433 e. The van der Waals surface area contributed by atoms with E-state index in [9.17, 15) is 0 Å². The molecule has 0 amide bonds. The molecule has 1 aromatic carbocycles. The summed E-state index contributed by atoms with van der Waals surface area (Å²) in [6.45, 7) is 4.14. The van der Waals surface area contributed by atoms with Gasteiger partial charge in [0.1, 0.15) is 0 Å². The van der Waals surface area contributed by atoms with Crippen LogP contribution in [0.3, 0.4) is 0 Å². The second kappa shape index (κ2) is 3.96. The van der Waals surface area contributed by atoms with E-state index in [-0.39, 0.29) is 0 Å². The minimum atomic E-state index is 1.26. The molecule has 0 aliphatic carbocycles. The topological polar surface area (TPSA) is 3.24 Å². The number of para-hydroxylation sites is 1. The van der Waals surface area contributed by atoms with Crippen LogP contribution in [0.5, 0.6) is 0 Å². The molecule has 0 N–H and O–H groups in total. The summed E-state index contributed by atoms with van der Waals surface area (Å²) in [6.07, 6.45) is 4.09. The predicted octanol–water partition coefficient (Wildman–Crippen LogP) is 2.96. The van der Waals surface area contributed by atoms with Gasteiger partial charge in [0.15, 0.2) is 0 Å². The van der Waals surface area contributed by atoms with Gasteiger partial charge in [0.2, 0.25) is 0 Å². The van der Waals surface area contributed by atoms with Crippen LogP contribution >= 0.6 is 0 Å². The Labute approximate surface area is 74.3 Å². The van der Waals surface area contributed by atoms with Gasteiger partial charge in [-0.15, -0.1) is 0 Å². The van der Waals surface area contributed by atoms with Crippen LogP contribution < -0.4 is 4.90 Å². The molecule has 0 aliphatic heterocycles. The van der Waals surface area contributed by atoms with E-state index in [0.717, 1.165) is 0 Å². The van der Waals surface area contributed by atoms with E-state index in [2.05, 4.69) is 49.3 Å². The second-order valence-electron chi connectivity index (χ2n) is 2.88. The predicted molar refractivity (Wildman–Crippen MR) is 54.4 cm³/mol. The summed E-state index contributed by atoms with van der Waals surface area (Å²) in [7, 11) is 2.06. The molecule has 1 rings (SSSR count). The highest BCUT2D eigenvalue weighted by Crippen LogP contribution is 2.17. The second-order valence-corrected chi connectivity index (χ2v) is 2.88. The number of rotatable bonds is 2. The zero-order chi connectivity index (χ0) is 8.97. The lowest BCUT2D eigenvalue weighted by Gasteiger charge is -2.16. The third kappa shape index (κ3) is 1.88. The summed E-state index contributed by atoms with van der Waals surface area (Å²) in [6, 6.07) is 8.36. The fourth-order valence-corrected chi connectivity index (χ4v) is 1.26. The molecule has 1 aromatic rings. The number of benzene rings is 1. The van der Waals surface area contributed by atoms with Crippen LogP contribution in [0.4, 0.5) is 5.69 Å². The minimum absolute atomic E-state index is 1.26. The van der Waals surface area contributed by atoms with Gasteiger partial charge in [-0.05, 0) is 31.7 Å². The van der Waals surface area contributed by atoms with E-state index >= 15 is 0 Å². The third-order valence-electron chi connectivity index (χ3n) is 1.87. The lowest BCUT2D eigenvalue weighted by Crippen LogP contribution is -2.08. The summed E-state index contributed by atoms with van der Waals surface area (Å²) < 4.78 is 0. The van der Waals surface area contributed by atoms with Gasteiger partial charge in [-0.25, -0.2) is 0 Å². The van der Waals surface area contributed by atoms with Gasteiger partial charge >= 0.3 is 0 Å². The largest absolute Gasteiger partial charge is 0.351 e. The van der Waals surface area contributed by atoms with Gasteiger partial charge in [0.05, 0.1) is 0 Å². The maximum atomic E-state index is 2.12. The van der Waals surface area contributed by atoms with Crippen molar-refractivity contribution >= 4 is 5.69 Å². The highest BCUT2D eigenvalue weighted by atomic mass is 15.1. The van der Waals surface area contributed by atoms with Crippen molar-refractivity contribution in [2.24, 2.45) is 0 Å². The maximum Gasteiger partial charge on any atom is 0.0433 e. The number of hydrogen-bond acceptors (Lipinski definition) is 1. The molecule has 1 heteroatoms. The maximum absolute atomic E-state index is 2.12. The van der Waals surface area contributed by atoms with Crippen molar-refractivity contribution in [2.75, 3.05) is 11.9 Å². The SMILES string of the molecule is C/C=C\N(C)c1ccccc1C. The summed E-state index contributed by atoms with van der Waals surface area (Å²) in [5.74, 6) is 0. The fourth-order valence-electron chi connectivity index (χ4n) is 1.26. The Morgan fingerprint density at radius 2 is 1.92 bits per heavy atom. The first kappa shape index (κ1) is 8.85. The van der Waals surface area contributed by atoms with E-state index in [0.29, 0.717) is 0 Å². The van der Waals surface area contributed by atoms with Crippen LogP contribution in [-0.4, -0.2) is 7.05 Å². The third-order valence-corrected chi connectivity index (χ3v) is 1.87. The Morgan fingerprint density at radius 1 is 1.25 bits per heavy atom. The van der Waals surface area contributed by atoms with E-state index in [1.807, 2.05) is 13.0 Å². The summed E-state index contributed by atoms with van der Waals surface area (Å²) in [5, 5.41) is 0. The van der Waals surface area contributed by atoms with Crippen molar-refractivity contribution in [1.82, 2.24) is 0 Å². The molecule has 0 fully saturated rings.